The molecule has 0 radical (unpaired) electrons. The number of aryl methyl sites for hydroxylation is 4. The van der Waals surface area contributed by atoms with E-state index in [0.717, 1.165) is 105 Å². The average molecular weight is 1030 g/mol. The fraction of sp³-hybridized carbons (Fsp3) is 0.0588. The third kappa shape index (κ3) is 8.37. The summed E-state index contributed by atoms with van der Waals surface area (Å²) in [5, 5.41) is 14.3. The van der Waals surface area contributed by atoms with Crippen LogP contribution in [0.25, 0.3) is 134 Å². The summed E-state index contributed by atoms with van der Waals surface area (Å²) < 4.78 is 4.69. The fourth-order valence-electron chi connectivity index (χ4n) is 11.1. The smallest absolute Gasteiger partial charge is 0.164 e. The third-order valence-corrected chi connectivity index (χ3v) is 14.6. The summed E-state index contributed by atoms with van der Waals surface area (Å²) in [5.41, 5.74) is 14.8. The van der Waals surface area contributed by atoms with Gasteiger partial charge in [0.15, 0.2) is 29.1 Å². The van der Waals surface area contributed by atoms with Gasteiger partial charge in [0.25, 0.3) is 0 Å². The first-order valence-electron chi connectivity index (χ1n) is 26.3. The van der Waals surface area contributed by atoms with Crippen LogP contribution in [0.3, 0.4) is 0 Å². The predicted molar refractivity (Wildman–Crippen MR) is 317 cm³/mol. The monoisotopic (exact) mass is 1030 g/mol. The van der Waals surface area contributed by atoms with Crippen LogP contribution in [-0.4, -0.2) is 54.0 Å². The molecule has 0 fully saturated rings. The third-order valence-electron chi connectivity index (χ3n) is 14.6. The molecular weight excluding hydrogens is 985 g/mol. The number of nitrogens with zero attached hydrogens (tertiary/aromatic N) is 12. The molecule has 0 spiro atoms. The quantitative estimate of drug-likeness (QED) is 0.137. The topological polar surface area (TPSA) is 150 Å². The standard InChI is InChI=1S/C68H46N12/c1-40-70-41(2)73-66(72-40)50-29-33-62-56(37-50)52-19-11-13-21-58(52)79(62)60-31-27-48(35-54(60)45-25-23-44(39-69)24-26-45)55-36-49(68-77-64(46-15-7-5-8-16-46)76-65(78-68)47-17-9-6-10-18-47)28-32-61(55)80-59-22-14-12-20-53(59)57-38-51(30-34-63(57)80)67-74-42(3)71-43(4)75-67/h5-38H,1-4H3. The molecule has 5 heterocycles. The minimum Gasteiger partial charge on any atom is -0.309 e. The summed E-state index contributed by atoms with van der Waals surface area (Å²) in [4.78, 5) is 43.3. The maximum Gasteiger partial charge on any atom is 0.164 e. The Balaban J connectivity index is 1.03. The second kappa shape index (κ2) is 19.3. The lowest BCUT2D eigenvalue weighted by molar-refractivity contribution is 0.928. The summed E-state index contributed by atoms with van der Waals surface area (Å²) >= 11 is 0. The SMILES string of the molecule is Cc1nc(C)nc(-c2ccc3c(c2)c2ccccc2n3-c2ccc(-c3nc(-c4ccccc4)nc(-c4ccccc4)n3)cc2-c2ccc(-n3c4ccccc4c4cc(-c5nc(C)nc(C)n5)ccc43)c(-c3ccc(C#N)cc3)c2)n1. The highest BCUT2D eigenvalue weighted by molar-refractivity contribution is 6.12. The van der Waals surface area contributed by atoms with Crippen molar-refractivity contribution >= 4 is 43.6 Å². The molecule has 0 unspecified atom stereocenters. The number of hydrogen-bond acceptors (Lipinski definition) is 10. The molecule has 80 heavy (non-hydrogen) atoms. The van der Waals surface area contributed by atoms with Gasteiger partial charge in [-0.3, -0.25) is 0 Å². The van der Waals surface area contributed by atoms with Crippen LogP contribution >= 0.6 is 0 Å². The normalized spacial score (nSPS) is 11.5. The average Bonchev–Trinajstić information content (AvgIpc) is 4.20. The zero-order valence-electron chi connectivity index (χ0n) is 44.0. The van der Waals surface area contributed by atoms with Crippen LogP contribution in [0.1, 0.15) is 28.9 Å². The van der Waals surface area contributed by atoms with E-state index in [1.807, 2.05) is 113 Å². The van der Waals surface area contributed by atoms with E-state index in [1.54, 1.807) is 0 Å². The first kappa shape index (κ1) is 47.5. The van der Waals surface area contributed by atoms with Crippen LogP contribution in [0.5, 0.6) is 0 Å². The van der Waals surface area contributed by atoms with Crippen molar-refractivity contribution in [2.75, 3.05) is 0 Å². The molecule has 9 aromatic carbocycles. The Bertz CT molecular complexity index is 4730. The van der Waals surface area contributed by atoms with Crippen molar-refractivity contribution in [3.8, 4) is 96.6 Å². The van der Waals surface area contributed by atoms with Gasteiger partial charge >= 0.3 is 0 Å². The molecule has 14 aromatic rings. The predicted octanol–water partition coefficient (Wildman–Crippen LogP) is 15.2. The van der Waals surface area contributed by atoms with Gasteiger partial charge in [0.1, 0.15) is 23.3 Å². The summed E-state index contributed by atoms with van der Waals surface area (Å²) in [6, 6.07) is 73.4. The van der Waals surface area contributed by atoms with Gasteiger partial charge in [0.05, 0.1) is 45.1 Å². The molecule has 12 nitrogen and oxygen atoms in total. The Morgan fingerprint density at radius 1 is 0.287 bits per heavy atom. The molecule has 378 valence electrons. The summed E-state index contributed by atoms with van der Waals surface area (Å²) in [7, 11) is 0. The number of benzene rings is 9. The van der Waals surface area contributed by atoms with Gasteiger partial charge in [0.2, 0.25) is 0 Å². The second-order valence-corrected chi connectivity index (χ2v) is 19.9. The van der Waals surface area contributed by atoms with E-state index in [2.05, 4.69) is 146 Å². The zero-order chi connectivity index (χ0) is 54.0. The minimum atomic E-state index is 0.538. The molecule has 0 bridgehead atoms. The minimum absolute atomic E-state index is 0.538. The molecule has 0 saturated heterocycles. The number of fused-ring (bicyclic) bond motifs is 6. The van der Waals surface area contributed by atoms with Crippen LogP contribution in [0.2, 0.25) is 0 Å². The van der Waals surface area contributed by atoms with Crippen LogP contribution in [-0.2, 0) is 0 Å². The van der Waals surface area contributed by atoms with E-state index in [-0.39, 0.29) is 0 Å². The maximum atomic E-state index is 10.0. The van der Waals surface area contributed by atoms with E-state index in [9.17, 15) is 5.26 Å². The molecule has 12 heteroatoms. The van der Waals surface area contributed by atoms with Crippen molar-refractivity contribution in [2.45, 2.75) is 27.7 Å². The first-order chi connectivity index (χ1) is 39.2. The number of rotatable bonds is 9. The van der Waals surface area contributed by atoms with Gasteiger partial charge in [0, 0.05) is 60.5 Å². The molecular formula is C68H46N12. The Kier molecular flexibility index (Phi) is 11.5. The van der Waals surface area contributed by atoms with Crippen LogP contribution in [0.4, 0.5) is 0 Å². The Hall–Kier alpha value is -10.9. The number of nitriles is 1. The molecule has 0 N–H and O–H groups in total. The van der Waals surface area contributed by atoms with Crippen LogP contribution in [0.15, 0.2) is 206 Å². The van der Waals surface area contributed by atoms with Crippen molar-refractivity contribution in [1.29, 1.82) is 5.26 Å². The summed E-state index contributed by atoms with van der Waals surface area (Å²) in [6.45, 7) is 7.59. The van der Waals surface area contributed by atoms with E-state index in [0.29, 0.717) is 58.0 Å². The van der Waals surface area contributed by atoms with Crippen molar-refractivity contribution < 1.29 is 0 Å². The molecule has 5 aromatic heterocycles. The molecule has 0 atom stereocenters. The van der Waals surface area contributed by atoms with E-state index >= 15 is 0 Å². The van der Waals surface area contributed by atoms with E-state index < -0.39 is 0 Å². The molecule has 0 aliphatic carbocycles. The molecule has 0 aliphatic heterocycles. The molecule has 14 rings (SSSR count). The van der Waals surface area contributed by atoms with Gasteiger partial charge in [-0.15, -0.1) is 0 Å². The highest BCUT2D eigenvalue weighted by atomic mass is 15.1. The largest absolute Gasteiger partial charge is 0.309 e. The van der Waals surface area contributed by atoms with E-state index in [4.69, 9.17) is 34.9 Å². The number of para-hydroxylation sites is 2. The van der Waals surface area contributed by atoms with Gasteiger partial charge < -0.3 is 9.13 Å². The molecule has 0 aliphatic rings. The zero-order valence-corrected chi connectivity index (χ0v) is 44.0. The lowest BCUT2D eigenvalue weighted by atomic mass is 9.94. The number of aromatic nitrogens is 11. The van der Waals surface area contributed by atoms with Gasteiger partial charge in [-0.1, -0.05) is 115 Å². The van der Waals surface area contributed by atoms with Gasteiger partial charge in [-0.25, -0.2) is 44.9 Å². The van der Waals surface area contributed by atoms with Gasteiger partial charge in [-0.05, 0) is 130 Å². The van der Waals surface area contributed by atoms with E-state index in [1.165, 1.54) is 0 Å². The Labute approximate surface area is 460 Å². The van der Waals surface area contributed by atoms with Crippen LogP contribution in [0, 0.1) is 39.0 Å². The lowest BCUT2D eigenvalue weighted by Crippen LogP contribution is -2.03. The first-order valence-corrected chi connectivity index (χ1v) is 26.3. The van der Waals surface area contributed by atoms with Crippen molar-refractivity contribution in [1.82, 2.24) is 54.0 Å². The summed E-state index contributed by atoms with van der Waals surface area (Å²) in [6.07, 6.45) is 0. The Morgan fingerprint density at radius 2 is 0.637 bits per heavy atom. The molecule has 0 saturated carbocycles. The number of hydrogen-bond donors (Lipinski definition) is 0. The van der Waals surface area contributed by atoms with Gasteiger partial charge in [-0.2, -0.15) is 5.26 Å². The van der Waals surface area contributed by atoms with Crippen LogP contribution < -0.4 is 0 Å². The highest BCUT2D eigenvalue weighted by Gasteiger charge is 2.23. The lowest BCUT2D eigenvalue weighted by Gasteiger charge is -2.19. The highest BCUT2D eigenvalue weighted by Crippen LogP contribution is 2.43. The second-order valence-electron chi connectivity index (χ2n) is 19.9. The summed E-state index contributed by atoms with van der Waals surface area (Å²) in [5.74, 6) is 5.64. The van der Waals surface area contributed by atoms with Crippen molar-refractivity contribution in [3.63, 3.8) is 0 Å². The Morgan fingerprint density at radius 3 is 1.11 bits per heavy atom. The molecule has 0 amide bonds. The van der Waals surface area contributed by atoms with Crippen molar-refractivity contribution in [2.24, 2.45) is 0 Å². The van der Waals surface area contributed by atoms with Crippen molar-refractivity contribution in [3.05, 3.63) is 235 Å². The fourth-order valence-corrected chi connectivity index (χ4v) is 11.1. The maximum absolute atomic E-state index is 10.0.